The summed E-state index contributed by atoms with van der Waals surface area (Å²) in [5.41, 5.74) is 0.271. The molecule has 0 radical (unpaired) electrons. The Hall–Kier alpha value is -1.10. The summed E-state index contributed by atoms with van der Waals surface area (Å²) >= 11 is 5.63. The Morgan fingerprint density at radius 2 is 2.00 bits per heavy atom. The van der Waals surface area contributed by atoms with E-state index in [1.165, 1.54) is 12.1 Å². The minimum Gasteiger partial charge on any atom is -0.479 e. The summed E-state index contributed by atoms with van der Waals surface area (Å²) in [6.07, 6.45) is -3.31. The lowest BCUT2D eigenvalue weighted by Crippen LogP contribution is -2.27. The van der Waals surface area contributed by atoms with Crippen LogP contribution in [-0.4, -0.2) is 27.4 Å². The van der Waals surface area contributed by atoms with Gasteiger partial charge in [0.1, 0.15) is 6.10 Å². The van der Waals surface area contributed by atoms with Crippen molar-refractivity contribution in [3.8, 4) is 0 Å². The highest BCUT2D eigenvalue weighted by Crippen LogP contribution is 2.20. The van der Waals surface area contributed by atoms with Crippen molar-refractivity contribution in [3.63, 3.8) is 0 Å². The van der Waals surface area contributed by atoms with Crippen LogP contribution in [0.25, 0.3) is 0 Å². The molecule has 0 aliphatic carbocycles. The summed E-state index contributed by atoms with van der Waals surface area (Å²) in [5, 5.41) is 27.3. The highest BCUT2D eigenvalue weighted by atomic mass is 35.5. The zero-order chi connectivity index (χ0) is 10.7. The van der Waals surface area contributed by atoms with E-state index >= 15 is 0 Å². The number of carbonyl (C=O) groups is 1. The second-order valence-electron chi connectivity index (χ2n) is 2.78. The van der Waals surface area contributed by atoms with Crippen LogP contribution in [-0.2, 0) is 4.79 Å². The predicted octanol–water partition coefficient (Wildman–Crippen LogP) is 0.819. The molecule has 4 nitrogen and oxygen atoms in total. The highest BCUT2D eigenvalue weighted by molar-refractivity contribution is 6.30. The molecule has 0 saturated carbocycles. The van der Waals surface area contributed by atoms with Gasteiger partial charge in [-0.2, -0.15) is 0 Å². The number of halogens is 1. The Morgan fingerprint density at radius 3 is 2.50 bits per heavy atom. The van der Waals surface area contributed by atoms with Gasteiger partial charge >= 0.3 is 5.97 Å². The Balaban J connectivity index is 2.89. The molecule has 0 amide bonds. The van der Waals surface area contributed by atoms with Gasteiger partial charge in [-0.15, -0.1) is 0 Å². The fourth-order valence-electron chi connectivity index (χ4n) is 1.01. The van der Waals surface area contributed by atoms with Crippen LogP contribution in [0.1, 0.15) is 11.7 Å². The molecule has 1 aromatic rings. The Morgan fingerprint density at radius 1 is 1.36 bits per heavy atom. The first-order chi connectivity index (χ1) is 6.52. The lowest BCUT2D eigenvalue weighted by atomic mass is 10.0. The van der Waals surface area contributed by atoms with E-state index in [2.05, 4.69) is 0 Å². The third-order valence-electron chi connectivity index (χ3n) is 1.74. The van der Waals surface area contributed by atoms with Crippen LogP contribution in [0.5, 0.6) is 0 Å². The molecule has 0 saturated heterocycles. The SMILES string of the molecule is O=C(O)C(O)C(O)c1cccc(Cl)c1. The average Bonchev–Trinajstić information content (AvgIpc) is 2.15. The van der Waals surface area contributed by atoms with E-state index in [1.54, 1.807) is 12.1 Å². The first-order valence-corrected chi connectivity index (χ1v) is 4.24. The van der Waals surface area contributed by atoms with Crippen LogP contribution >= 0.6 is 11.6 Å². The van der Waals surface area contributed by atoms with E-state index in [9.17, 15) is 9.90 Å². The van der Waals surface area contributed by atoms with E-state index in [1.807, 2.05) is 0 Å². The van der Waals surface area contributed by atoms with Crippen LogP contribution in [0.3, 0.4) is 0 Å². The lowest BCUT2D eigenvalue weighted by Gasteiger charge is -2.14. The van der Waals surface area contributed by atoms with Crippen LogP contribution < -0.4 is 0 Å². The number of carboxylic acid groups (broad SMARTS) is 1. The van der Waals surface area contributed by atoms with Crippen molar-refractivity contribution >= 4 is 17.6 Å². The van der Waals surface area contributed by atoms with Crippen molar-refractivity contribution in [2.75, 3.05) is 0 Å². The number of rotatable bonds is 3. The number of carboxylic acids is 1. The fourth-order valence-corrected chi connectivity index (χ4v) is 1.21. The minimum absolute atomic E-state index is 0.271. The van der Waals surface area contributed by atoms with Gasteiger partial charge in [0.05, 0.1) is 0 Å². The Kier molecular flexibility index (Phi) is 3.46. The lowest BCUT2D eigenvalue weighted by molar-refractivity contribution is -0.153. The average molecular weight is 217 g/mol. The monoisotopic (exact) mass is 216 g/mol. The van der Waals surface area contributed by atoms with Crippen molar-refractivity contribution in [3.05, 3.63) is 34.9 Å². The molecule has 1 aromatic carbocycles. The molecule has 0 bridgehead atoms. The minimum atomic E-state index is -1.84. The summed E-state index contributed by atoms with van der Waals surface area (Å²) in [6, 6.07) is 6.04. The molecule has 0 aromatic heterocycles. The predicted molar refractivity (Wildman–Crippen MR) is 50.1 cm³/mol. The largest absolute Gasteiger partial charge is 0.479 e. The normalized spacial score (nSPS) is 14.8. The van der Waals surface area contributed by atoms with Gasteiger partial charge in [-0.3, -0.25) is 0 Å². The first-order valence-electron chi connectivity index (χ1n) is 3.87. The van der Waals surface area contributed by atoms with Crippen molar-refractivity contribution in [1.82, 2.24) is 0 Å². The van der Waals surface area contributed by atoms with Crippen molar-refractivity contribution in [1.29, 1.82) is 0 Å². The van der Waals surface area contributed by atoms with Crippen molar-refractivity contribution in [2.45, 2.75) is 12.2 Å². The zero-order valence-electron chi connectivity index (χ0n) is 7.09. The maximum absolute atomic E-state index is 10.4. The molecule has 5 heteroatoms. The first kappa shape index (κ1) is 11.0. The Labute approximate surface area is 85.4 Å². The molecular weight excluding hydrogens is 208 g/mol. The maximum atomic E-state index is 10.4. The van der Waals surface area contributed by atoms with Gasteiger partial charge in [-0.1, -0.05) is 23.7 Å². The van der Waals surface area contributed by atoms with E-state index in [4.69, 9.17) is 21.8 Å². The van der Waals surface area contributed by atoms with Gasteiger partial charge in [0.2, 0.25) is 0 Å². The highest BCUT2D eigenvalue weighted by Gasteiger charge is 2.24. The van der Waals surface area contributed by atoms with Crippen LogP contribution in [0, 0.1) is 0 Å². The van der Waals surface area contributed by atoms with Crippen LogP contribution in [0.15, 0.2) is 24.3 Å². The number of benzene rings is 1. The third kappa shape index (κ3) is 2.45. The molecular formula is C9H9ClO4. The summed E-state index contributed by atoms with van der Waals surface area (Å²) < 4.78 is 0. The fraction of sp³-hybridized carbons (Fsp3) is 0.222. The smallest absolute Gasteiger partial charge is 0.335 e. The molecule has 76 valence electrons. The molecule has 14 heavy (non-hydrogen) atoms. The van der Waals surface area contributed by atoms with Gasteiger partial charge < -0.3 is 15.3 Å². The van der Waals surface area contributed by atoms with Gasteiger partial charge in [-0.25, -0.2) is 4.79 Å². The third-order valence-corrected chi connectivity index (χ3v) is 1.98. The van der Waals surface area contributed by atoms with Crippen molar-refractivity contribution in [2.24, 2.45) is 0 Å². The quantitative estimate of drug-likeness (QED) is 0.699. The maximum Gasteiger partial charge on any atom is 0.335 e. The van der Waals surface area contributed by atoms with E-state index in [0.29, 0.717) is 5.02 Å². The van der Waals surface area contributed by atoms with E-state index < -0.39 is 18.2 Å². The molecule has 0 aliphatic rings. The molecule has 2 atom stereocenters. The van der Waals surface area contributed by atoms with E-state index in [0.717, 1.165) is 0 Å². The number of aliphatic hydroxyl groups is 2. The number of hydrogen-bond acceptors (Lipinski definition) is 3. The van der Waals surface area contributed by atoms with Gasteiger partial charge in [-0.05, 0) is 17.7 Å². The topological polar surface area (TPSA) is 77.8 Å². The number of hydrogen-bond donors (Lipinski definition) is 3. The van der Waals surface area contributed by atoms with Gasteiger partial charge in [0, 0.05) is 5.02 Å². The van der Waals surface area contributed by atoms with Crippen LogP contribution in [0.4, 0.5) is 0 Å². The molecule has 0 spiro atoms. The summed E-state index contributed by atoms with van der Waals surface area (Å²) in [7, 11) is 0. The summed E-state index contributed by atoms with van der Waals surface area (Å²) in [6.45, 7) is 0. The number of aliphatic hydroxyl groups excluding tert-OH is 2. The molecule has 0 fully saturated rings. The standard InChI is InChI=1S/C9H9ClO4/c10-6-3-1-2-5(4-6)7(11)8(12)9(13)14/h1-4,7-8,11-12H,(H,13,14). The summed E-state index contributed by atoms with van der Waals surface area (Å²) in [4.78, 5) is 10.4. The van der Waals surface area contributed by atoms with Crippen LogP contribution in [0.2, 0.25) is 5.02 Å². The van der Waals surface area contributed by atoms with E-state index in [-0.39, 0.29) is 5.56 Å². The second-order valence-corrected chi connectivity index (χ2v) is 3.22. The zero-order valence-corrected chi connectivity index (χ0v) is 7.85. The molecule has 0 aliphatic heterocycles. The molecule has 3 N–H and O–H groups in total. The van der Waals surface area contributed by atoms with Gasteiger partial charge in [0.15, 0.2) is 6.10 Å². The van der Waals surface area contributed by atoms with Crippen molar-refractivity contribution < 1.29 is 20.1 Å². The molecule has 0 heterocycles. The Bertz CT molecular complexity index is 339. The number of aliphatic carboxylic acids is 1. The van der Waals surface area contributed by atoms with Gasteiger partial charge in [0.25, 0.3) is 0 Å². The second kappa shape index (κ2) is 4.41. The molecule has 1 rings (SSSR count). The molecule has 2 unspecified atom stereocenters. The summed E-state index contributed by atoms with van der Waals surface area (Å²) in [5.74, 6) is -1.47.